The van der Waals surface area contributed by atoms with Gasteiger partial charge in [0.1, 0.15) is 0 Å². The number of carbonyl (C=O) groups is 2. The standard InChI is InChI=1S/C23H20N4O4S/c1-14-11-19(28)25-22(24-14)32-13-20(29)27-17-9-5-3-7-15(17)12-31-23(27)16-8-4-6-10-18(16)26(2)21(23)30/h3-11H,12-13H2,1-2H3,(H,24,25,28)/t23-/m1/s1. The lowest BCUT2D eigenvalue weighted by Crippen LogP contribution is -2.59. The molecule has 1 spiro atoms. The van der Waals surface area contributed by atoms with Gasteiger partial charge >= 0.3 is 0 Å². The van der Waals surface area contributed by atoms with E-state index >= 15 is 0 Å². The van der Waals surface area contributed by atoms with Crippen molar-refractivity contribution >= 4 is 35.0 Å². The van der Waals surface area contributed by atoms with Crippen molar-refractivity contribution in [3.05, 3.63) is 81.8 Å². The maximum absolute atomic E-state index is 13.7. The number of para-hydroxylation sites is 2. The van der Waals surface area contributed by atoms with Gasteiger partial charge in [0.25, 0.3) is 17.2 Å². The number of H-pyrrole nitrogens is 1. The van der Waals surface area contributed by atoms with Crippen LogP contribution in [0.1, 0.15) is 16.8 Å². The SMILES string of the molecule is Cc1cc(=O)[nH]c(SCC(=O)N2c3ccccc3CO[C@]23C(=O)N(C)c2ccccc23)n1. The third-order valence-corrected chi connectivity index (χ3v) is 6.50. The number of fused-ring (bicyclic) bond motifs is 3. The van der Waals surface area contributed by atoms with Crippen LogP contribution in [-0.2, 0) is 26.7 Å². The third-order valence-electron chi connectivity index (χ3n) is 5.64. The van der Waals surface area contributed by atoms with Crippen LogP contribution in [0.5, 0.6) is 0 Å². The molecule has 0 unspecified atom stereocenters. The number of hydrogen-bond donors (Lipinski definition) is 1. The molecular weight excluding hydrogens is 428 g/mol. The van der Waals surface area contributed by atoms with Crippen molar-refractivity contribution in [3.8, 4) is 0 Å². The van der Waals surface area contributed by atoms with Gasteiger partial charge in [0.05, 0.1) is 23.7 Å². The van der Waals surface area contributed by atoms with E-state index < -0.39 is 5.72 Å². The van der Waals surface area contributed by atoms with E-state index in [1.54, 1.807) is 14.0 Å². The molecular formula is C23H20N4O4S. The van der Waals surface area contributed by atoms with Crippen LogP contribution in [0.2, 0.25) is 0 Å². The van der Waals surface area contributed by atoms with Crippen molar-refractivity contribution in [1.82, 2.24) is 9.97 Å². The number of ether oxygens (including phenoxy) is 1. The van der Waals surface area contributed by atoms with E-state index in [0.717, 1.165) is 17.3 Å². The predicted octanol–water partition coefficient (Wildman–Crippen LogP) is 2.56. The van der Waals surface area contributed by atoms with Gasteiger partial charge in [0.2, 0.25) is 5.91 Å². The van der Waals surface area contributed by atoms with Gasteiger partial charge in [-0.2, -0.15) is 0 Å². The molecule has 0 bridgehead atoms. The normalized spacial score (nSPS) is 19.2. The summed E-state index contributed by atoms with van der Waals surface area (Å²) in [5, 5.41) is 0.346. The number of nitrogens with zero attached hydrogens (tertiary/aromatic N) is 3. The number of aromatic amines is 1. The Labute approximate surface area is 188 Å². The smallest absolute Gasteiger partial charge is 0.285 e. The van der Waals surface area contributed by atoms with Crippen LogP contribution in [-0.4, -0.2) is 34.6 Å². The van der Waals surface area contributed by atoms with Gasteiger partial charge < -0.3 is 14.6 Å². The Morgan fingerprint density at radius 2 is 1.88 bits per heavy atom. The van der Waals surface area contributed by atoms with Gasteiger partial charge in [-0.15, -0.1) is 0 Å². The maximum atomic E-state index is 13.7. The largest absolute Gasteiger partial charge is 0.338 e. The van der Waals surface area contributed by atoms with Crippen molar-refractivity contribution in [2.24, 2.45) is 0 Å². The molecule has 162 valence electrons. The van der Waals surface area contributed by atoms with Crippen LogP contribution in [0.4, 0.5) is 11.4 Å². The molecule has 2 amide bonds. The van der Waals surface area contributed by atoms with Crippen LogP contribution < -0.4 is 15.4 Å². The second-order valence-electron chi connectivity index (χ2n) is 7.65. The van der Waals surface area contributed by atoms with E-state index in [4.69, 9.17) is 4.74 Å². The van der Waals surface area contributed by atoms with Gasteiger partial charge in [0.15, 0.2) is 5.16 Å². The van der Waals surface area contributed by atoms with Crippen LogP contribution in [0.3, 0.4) is 0 Å². The van der Waals surface area contributed by atoms with E-state index in [-0.39, 0.29) is 29.7 Å². The lowest BCUT2D eigenvalue weighted by molar-refractivity contribution is -0.152. The molecule has 9 heteroatoms. The fourth-order valence-electron chi connectivity index (χ4n) is 4.25. The Kier molecular flexibility index (Phi) is 4.87. The summed E-state index contributed by atoms with van der Waals surface area (Å²) in [5.74, 6) is -0.691. The van der Waals surface area contributed by atoms with Crippen molar-refractivity contribution in [3.63, 3.8) is 0 Å². The highest BCUT2D eigenvalue weighted by molar-refractivity contribution is 7.99. The molecule has 1 aromatic heterocycles. The van der Waals surface area contributed by atoms with E-state index in [2.05, 4.69) is 9.97 Å². The predicted molar refractivity (Wildman–Crippen MR) is 121 cm³/mol. The number of carbonyl (C=O) groups excluding carboxylic acids is 2. The number of likely N-dealkylation sites (N-methyl/N-ethyl adjacent to an activating group) is 1. The number of hydrogen-bond acceptors (Lipinski definition) is 6. The Hall–Kier alpha value is -3.43. The first kappa shape index (κ1) is 20.5. The van der Waals surface area contributed by atoms with E-state index in [9.17, 15) is 14.4 Å². The van der Waals surface area contributed by atoms with Gasteiger partial charge in [0, 0.05) is 29.9 Å². The number of nitrogens with one attached hydrogen (secondary N) is 1. The molecule has 1 atom stereocenters. The van der Waals surface area contributed by atoms with Crippen LogP contribution in [0, 0.1) is 6.92 Å². The molecule has 3 heterocycles. The molecule has 0 saturated heterocycles. The Morgan fingerprint density at radius 1 is 1.16 bits per heavy atom. The minimum absolute atomic E-state index is 0.0367. The first-order valence-corrected chi connectivity index (χ1v) is 11.0. The van der Waals surface area contributed by atoms with Gasteiger partial charge in [-0.05, 0) is 19.1 Å². The minimum atomic E-state index is -1.58. The topological polar surface area (TPSA) is 95.6 Å². The summed E-state index contributed by atoms with van der Waals surface area (Å²) >= 11 is 1.11. The molecule has 2 aromatic carbocycles. The zero-order valence-corrected chi connectivity index (χ0v) is 18.3. The zero-order valence-electron chi connectivity index (χ0n) is 17.5. The lowest BCUT2D eigenvalue weighted by Gasteiger charge is -2.43. The van der Waals surface area contributed by atoms with Crippen molar-refractivity contribution < 1.29 is 14.3 Å². The van der Waals surface area contributed by atoms with Crippen LogP contribution in [0.25, 0.3) is 0 Å². The summed E-state index contributed by atoms with van der Waals surface area (Å²) in [7, 11) is 1.68. The molecule has 3 aromatic rings. The second kappa shape index (κ2) is 7.61. The average molecular weight is 449 g/mol. The van der Waals surface area contributed by atoms with E-state index in [1.807, 2.05) is 48.5 Å². The molecule has 32 heavy (non-hydrogen) atoms. The number of benzene rings is 2. The number of aryl methyl sites for hydroxylation is 1. The Bertz CT molecular complexity index is 1310. The number of aromatic nitrogens is 2. The maximum Gasteiger partial charge on any atom is 0.285 e. The lowest BCUT2D eigenvalue weighted by atomic mass is 9.97. The molecule has 0 aliphatic carbocycles. The summed E-state index contributed by atoms with van der Waals surface area (Å²) in [6, 6.07) is 16.1. The second-order valence-corrected chi connectivity index (χ2v) is 8.62. The van der Waals surface area contributed by atoms with E-state index in [0.29, 0.717) is 27.8 Å². The molecule has 0 radical (unpaired) electrons. The Morgan fingerprint density at radius 3 is 2.66 bits per heavy atom. The number of rotatable bonds is 3. The van der Waals surface area contributed by atoms with E-state index in [1.165, 1.54) is 15.9 Å². The highest BCUT2D eigenvalue weighted by Gasteiger charge is 2.59. The fourth-order valence-corrected chi connectivity index (χ4v) is 5.02. The highest BCUT2D eigenvalue weighted by atomic mass is 32.2. The third kappa shape index (κ3) is 3.04. The minimum Gasteiger partial charge on any atom is -0.338 e. The molecule has 1 N–H and O–H groups in total. The molecule has 5 rings (SSSR count). The van der Waals surface area contributed by atoms with Crippen molar-refractivity contribution in [2.75, 3.05) is 22.6 Å². The molecule has 2 aliphatic heterocycles. The monoisotopic (exact) mass is 448 g/mol. The quantitative estimate of drug-likeness (QED) is 0.489. The average Bonchev–Trinajstić information content (AvgIpc) is 2.99. The molecule has 0 fully saturated rings. The van der Waals surface area contributed by atoms with Crippen LogP contribution >= 0.6 is 11.8 Å². The number of amides is 2. The van der Waals surface area contributed by atoms with Crippen molar-refractivity contribution in [2.45, 2.75) is 24.4 Å². The fraction of sp³-hybridized carbons (Fsp3) is 0.217. The summed E-state index contributed by atoms with van der Waals surface area (Å²) in [4.78, 5) is 48.9. The molecule has 2 aliphatic rings. The van der Waals surface area contributed by atoms with Crippen molar-refractivity contribution in [1.29, 1.82) is 0 Å². The number of anilines is 2. The molecule has 0 saturated carbocycles. The Balaban J connectivity index is 1.59. The van der Waals surface area contributed by atoms with Gasteiger partial charge in [-0.3, -0.25) is 19.3 Å². The molecule has 8 nitrogen and oxygen atoms in total. The summed E-state index contributed by atoms with van der Waals surface area (Å²) < 4.78 is 6.22. The summed E-state index contributed by atoms with van der Waals surface area (Å²) in [5.41, 5.74) is 1.48. The first-order chi connectivity index (χ1) is 15.4. The number of thioether (sulfide) groups is 1. The van der Waals surface area contributed by atoms with Crippen LogP contribution in [0.15, 0.2) is 64.5 Å². The van der Waals surface area contributed by atoms with Gasteiger partial charge in [-0.25, -0.2) is 4.98 Å². The zero-order chi connectivity index (χ0) is 22.5. The first-order valence-electron chi connectivity index (χ1n) is 10.0. The summed E-state index contributed by atoms with van der Waals surface area (Å²) in [6.45, 7) is 1.92. The summed E-state index contributed by atoms with van der Waals surface area (Å²) in [6.07, 6.45) is 0. The van der Waals surface area contributed by atoms with Gasteiger partial charge in [-0.1, -0.05) is 48.2 Å². The highest BCUT2D eigenvalue weighted by Crippen LogP contribution is 2.49.